The standard InChI is InChI=1S/C17H19NO4S/c1-2-3-4-5-12-6-8-13(9-7-12)10-14-16(21)18(11-15(19)20)17(22)23-14/h6-10H,2-5,11H2,1H3,(H,19,20). The highest BCUT2D eigenvalue weighted by Gasteiger charge is 2.36. The molecule has 1 aromatic carbocycles. The molecule has 2 amide bonds. The Kier molecular flexibility index (Phi) is 5.98. The van der Waals surface area contributed by atoms with Gasteiger partial charge in [-0.25, -0.2) is 0 Å². The van der Waals surface area contributed by atoms with Crippen molar-refractivity contribution in [3.8, 4) is 0 Å². The number of hydrogen-bond donors (Lipinski definition) is 1. The lowest BCUT2D eigenvalue weighted by Gasteiger charge is -2.07. The zero-order valence-electron chi connectivity index (χ0n) is 12.9. The van der Waals surface area contributed by atoms with Gasteiger partial charge in [0, 0.05) is 0 Å². The Balaban J connectivity index is 2.05. The third-order valence-corrected chi connectivity index (χ3v) is 4.42. The van der Waals surface area contributed by atoms with Crippen molar-refractivity contribution in [3.63, 3.8) is 0 Å². The molecule has 1 saturated heterocycles. The smallest absolute Gasteiger partial charge is 0.323 e. The zero-order chi connectivity index (χ0) is 16.8. The predicted molar refractivity (Wildman–Crippen MR) is 90.0 cm³/mol. The van der Waals surface area contributed by atoms with Crippen LogP contribution in [0.5, 0.6) is 0 Å². The van der Waals surface area contributed by atoms with Crippen LogP contribution in [0.4, 0.5) is 4.79 Å². The van der Waals surface area contributed by atoms with Crippen LogP contribution in [-0.2, 0) is 16.0 Å². The molecular formula is C17H19NO4S. The van der Waals surface area contributed by atoms with Crippen LogP contribution >= 0.6 is 11.8 Å². The van der Waals surface area contributed by atoms with Gasteiger partial charge in [0.25, 0.3) is 11.1 Å². The SMILES string of the molecule is CCCCCc1ccc(C=C2SC(=O)N(CC(=O)O)C2=O)cc1. The average Bonchev–Trinajstić information content (AvgIpc) is 2.76. The third kappa shape index (κ3) is 4.69. The summed E-state index contributed by atoms with van der Waals surface area (Å²) < 4.78 is 0. The predicted octanol–water partition coefficient (Wildman–Crippen LogP) is 3.54. The van der Waals surface area contributed by atoms with Gasteiger partial charge in [0.05, 0.1) is 4.91 Å². The number of carboxylic acids is 1. The molecule has 2 rings (SSSR count). The molecule has 1 heterocycles. The molecule has 6 heteroatoms. The van der Waals surface area contributed by atoms with Crippen LogP contribution in [0.3, 0.4) is 0 Å². The summed E-state index contributed by atoms with van der Waals surface area (Å²) in [6.45, 7) is 1.57. The zero-order valence-corrected chi connectivity index (χ0v) is 13.8. The van der Waals surface area contributed by atoms with Crippen LogP contribution in [-0.4, -0.2) is 33.7 Å². The van der Waals surface area contributed by atoms with E-state index in [9.17, 15) is 14.4 Å². The number of imide groups is 1. The maximum atomic E-state index is 12.0. The number of hydrogen-bond acceptors (Lipinski definition) is 4. The number of thioether (sulfide) groups is 1. The van der Waals surface area contributed by atoms with Gasteiger partial charge in [0.15, 0.2) is 0 Å². The van der Waals surface area contributed by atoms with Crippen molar-refractivity contribution in [2.24, 2.45) is 0 Å². The van der Waals surface area contributed by atoms with Crippen LogP contribution in [0.2, 0.25) is 0 Å². The van der Waals surface area contributed by atoms with E-state index in [2.05, 4.69) is 6.92 Å². The summed E-state index contributed by atoms with van der Waals surface area (Å²) in [5.74, 6) is -1.75. The van der Waals surface area contributed by atoms with Crippen LogP contribution in [0.1, 0.15) is 37.3 Å². The Morgan fingerprint density at radius 1 is 1.22 bits per heavy atom. The lowest BCUT2D eigenvalue weighted by Crippen LogP contribution is -2.33. The fourth-order valence-electron chi connectivity index (χ4n) is 2.28. The molecule has 0 bridgehead atoms. The fraction of sp³-hybridized carbons (Fsp3) is 0.353. The number of nitrogens with zero attached hydrogens (tertiary/aromatic N) is 1. The van der Waals surface area contributed by atoms with Gasteiger partial charge in [-0.15, -0.1) is 0 Å². The molecular weight excluding hydrogens is 314 g/mol. The Hall–Kier alpha value is -2.08. The first-order chi connectivity index (χ1) is 11.0. The number of rotatable bonds is 7. The van der Waals surface area contributed by atoms with Crippen LogP contribution < -0.4 is 0 Å². The van der Waals surface area contributed by atoms with E-state index >= 15 is 0 Å². The minimum absolute atomic E-state index is 0.259. The molecule has 0 radical (unpaired) electrons. The highest BCUT2D eigenvalue weighted by Crippen LogP contribution is 2.32. The van der Waals surface area contributed by atoms with Gasteiger partial charge < -0.3 is 5.11 Å². The molecule has 0 unspecified atom stereocenters. The van der Waals surface area contributed by atoms with Crippen molar-refractivity contribution < 1.29 is 19.5 Å². The Labute approximate surface area is 139 Å². The van der Waals surface area contributed by atoms with Gasteiger partial charge in [-0.3, -0.25) is 19.3 Å². The Morgan fingerprint density at radius 3 is 2.52 bits per heavy atom. The molecule has 23 heavy (non-hydrogen) atoms. The van der Waals surface area contributed by atoms with Gasteiger partial charge in [0.2, 0.25) is 0 Å². The molecule has 5 nitrogen and oxygen atoms in total. The average molecular weight is 333 g/mol. The van der Waals surface area contributed by atoms with Crippen molar-refractivity contribution >= 4 is 35.0 Å². The van der Waals surface area contributed by atoms with Gasteiger partial charge in [-0.05, 0) is 41.8 Å². The van der Waals surface area contributed by atoms with Gasteiger partial charge >= 0.3 is 5.97 Å². The van der Waals surface area contributed by atoms with E-state index in [0.717, 1.165) is 35.1 Å². The summed E-state index contributed by atoms with van der Waals surface area (Å²) in [4.78, 5) is 35.4. The normalized spacial score (nSPS) is 16.4. The Morgan fingerprint density at radius 2 is 1.91 bits per heavy atom. The van der Waals surface area contributed by atoms with E-state index in [-0.39, 0.29) is 4.91 Å². The minimum atomic E-state index is -1.20. The first kappa shape index (κ1) is 17.3. The number of carboxylic acid groups (broad SMARTS) is 1. The van der Waals surface area contributed by atoms with E-state index in [0.29, 0.717) is 0 Å². The monoisotopic (exact) mass is 333 g/mol. The highest BCUT2D eigenvalue weighted by molar-refractivity contribution is 8.18. The number of benzene rings is 1. The highest BCUT2D eigenvalue weighted by atomic mass is 32.2. The molecule has 0 aliphatic carbocycles. The van der Waals surface area contributed by atoms with Gasteiger partial charge in [-0.2, -0.15) is 0 Å². The molecule has 1 fully saturated rings. The summed E-state index contributed by atoms with van der Waals surface area (Å²) in [5, 5.41) is 8.19. The molecule has 0 atom stereocenters. The van der Waals surface area contributed by atoms with Crippen molar-refractivity contribution in [1.82, 2.24) is 4.90 Å². The number of carbonyl (C=O) groups is 3. The maximum absolute atomic E-state index is 12.0. The summed E-state index contributed by atoms with van der Waals surface area (Å²) in [7, 11) is 0. The van der Waals surface area contributed by atoms with E-state index < -0.39 is 23.7 Å². The fourth-order valence-corrected chi connectivity index (χ4v) is 3.12. The first-order valence-electron chi connectivity index (χ1n) is 7.57. The van der Waals surface area contributed by atoms with Crippen molar-refractivity contribution in [2.45, 2.75) is 32.6 Å². The van der Waals surface area contributed by atoms with Crippen LogP contribution in [0, 0.1) is 0 Å². The summed E-state index contributed by atoms with van der Waals surface area (Å²) in [6.07, 6.45) is 6.21. The van der Waals surface area contributed by atoms with Crippen LogP contribution in [0.15, 0.2) is 29.2 Å². The first-order valence-corrected chi connectivity index (χ1v) is 8.39. The lowest BCUT2D eigenvalue weighted by atomic mass is 10.1. The topological polar surface area (TPSA) is 74.7 Å². The lowest BCUT2D eigenvalue weighted by molar-refractivity contribution is -0.140. The van der Waals surface area contributed by atoms with Crippen molar-refractivity contribution in [2.75, 3.05) is 6.54 Å². The summed E-state index contributed by atoms with van der Waals surface area (Å²) in [6, 6.07) is 7.85. The number of aryl methyl sites for hydroxylation is 1. The maximum Gasteiger partial charge on any atom is 0.323 e. The minimum Gasteiger partial charge on any atom is -0.480 e. The van der Waals surface area contributed by atoms with Crippen molar-refractivity contribution in [1.29, 1.82) is 0 Å². The molecule has 1 aliphatic heterocycles. The van der Waals surface area contributed by atoms with E-state index in [1.165, 1.54) is 18.4 Å². The number of carbonyl (C=O) groups excluding carboxylic acids is 2. The molecule has 1 aliphatic rings. The number of aliphatic carboxylic acids is 1. The molecule has 0 spiro atoms. The number of amides is 2. The molecule has 122 valence electrons. The number of unbranched alkanes of at least 4 members (excludes halogenated alkanes) is 2. The molecule has 1 aromatic rings. The largest absolute Gasteiger partial charge is 0.480 e. The second-order valence-electron chi connectivity index (χ2n) is 5.36. The van der Waals surface area contributed by atoms with Gasteiger partial charge in [0.1, 0.15) is 6.54 Å². The molecule has 0 aromatic heterocycles. The van der Waals surface area contributed by atoms with E-state index in [4.69, 9.17) is 5.11 Å². The molecule has 1 N–H and O–H groups in total. The molecule has 0 saturated carbocycles. The summed E-state index contributed by atoms with van der Waals surface area (Å²) >= 11 is 0.775. The van der Waals surface area contributed by atoms with E-state index in [1.807, 2.05) is 24.3 Å². The third-order valence-electron chi connectivity index (χ3n) is 3.51. The quantitative estimate of drug-likeness (QED) is 0.610. The summed E-state index contributed by atoms with van der Waals surface area (Å²) in [5.41, 5.74) is 2.07. The van der Waals surface area contributed by atoms with Crippen LogP contribution in [0.25, 0.3) is 6.08 Å². The second-order valence-corrected chi connectivity index (χ2v) is 6.35. The van der Waals surface area contributed by atoms with E-state index in [1.54, 1.807) is 6.08 Å². The van der Waals surface area contributed by atoms with Gasteiger partial charge in [-0.1, -0.05) is 44.0 Å². The Bertz CT molecular complexity index is 636. The van der Waals surface area contributed by atoms with Crippen molar-refractivity contribution in [3.05, 3.63) is 40.3 Å². The second kappa shape index (κ2) is 7.97.